The van der Waals surface area contributed by atoms with Crippen molar-refractivity contribution in [3.05, 3.63) is 35.6 Å². The van der Waals surface area contributed by atoms with Crippen molar-refractivity contribution in [2.45, 2.75) is 25.3 Å². The molecular weight excluding hydrogens is 321 g/mol. The third-order valence-electron chi connectivity index (χ3n) is 5.02. The molecule has 2 aliphatic heterocycles. The van der Waals surface area contributed by atoms with Gasteiger partial charge in [-0.2, -0.15) is 0 Å². The number of carbonyl (C=O) groups excluding carboxylic acids is 1. The molecule has 0 bridgehead atoms. The first-order chi connectivity index (χ1) is 12.2. The van der Waals surface area contributed by atoms with Crippen LogP contribution in [0, 0.1) is 5.82 Å². The maximum atomic E-state index is 13.3. The summed E-state index contributed by atoms with van der Waals surface area (Å²) in [6.45, 7) is 6.67. The Hall–Kier alpha value is -1.50. The number of piperidine rings is 1. The first-order valence-electron chi connectivity index (χ1n) is 9.31. The summed E-state index contributed by atoms with van der Waals surface area (Å²) in [6, 6.07) is 6.01. The number of carbonyl (C=O) groups is 1. The maximum Gasteiger partial charge on any atom is 0.242 e. The van der Waals surface area contributed by atoms with E-state index in [1.807, 2.05) is 0 Å². The third kappa shape index (κ3) is 5.23. The van der Waals surface area contributed by atoms with Gasteiger partial charge in [0.05, 0.1) is 13.2 Å². The second-order valence-corrected chi connectivity index (χ2v) is 6.80. The van der Waals surface area contributed by atoms with Crippen molar-refractivity contribution in [2.75, 3.05) is 52.5 Å². The quantitative estimate of drug-likeness (QED) is 0.851. The molecule has 0 saturated carbocycles. The molecule has 1 aromatic carbocycles. The van der Waals surface area contributed by atoms with E-state index < -0.39 is 0 Å². The van der Waals surface area contributed by atoms with Crippen LogP contribution in [0.2, 0.25) is 0 Å². The van der Waals surface area contributed by atoms with Crippen molar-refractivity contribution < 1.29 is 13.9 Å². The lowest BCUT2D eigenvalue weighted by atomic mass is 10.0. The van der Waals surface area contributed by atoms with Crippen LogP contribution >= 0.6 is 0 Å². The molecule has 1 aromatic rings. The number of hydrogen-bond donors (Lipinski definition) is 1. The van der Waals surface area contributed by atoms with E-state index in [0.717, 1.165) is 64.3 Å². The van der Waals surface area contributed by atoms with Crippen molar-refractivity contribution in [1.29, 1.82) is 0 Å². The van der Waals surface area contributed by atoms with Crippen molar-refractivity contribution in [1.82, 2.24) is 15.1 Å². The Bertz CT molecular complexity index is 540. The van der Waals surface area contributed by atoms with Crippen LogP contribution in [-0.4, -0.2) is 68.2 Å². The molecule has 1 atom stereocenters. The largest absolute Gasteiger partial charge is 0.379 e. The minimum Gasteiger partial charge on any atom is -0.379 e. The molecule has 5 nitrogen and oxygen atoms in total. The fourth-order valence-corrected chi connectivity index (χ4v) is 3.61. The Kier molecular flexibility index (Phi) is 6.78. The smallest absolute Gasteiger partial charge is 0.242 e. The van der Waals surface area contributed by atoms with Gasteiger partial charge in [0.1, 0.15) is 11.9 Å². The number of halogens is 1. The van der Waals surface area contributed by atoms with Crippen LogP contribution < -0.4 is 5.32 Å². The monoisotopic (exact) mass is 349 g/mol. The van der Waals surface area contributed by atoms with E-state index in [0.29, 0.717) is 6.54 Å². The molecule has 0 aromatic heterocycles. The second-order valence-electron chi connectivity index (χ2n) is 6.80. The Labute approximate surface area is 149 Å². The van der Waals surface area contributed by atoms with Crippen LogP contribution in [0.3, 0.4) is 0 Å². The Morgan fingerprint density at radius 2 is 1.76 bits per heavy atom. The van der Waals surface area contributed by atoms with E-state index in [1.165, 1.54) is 18.6 Å². The number of benzene rings is 1. The van der Waals surface area contributed by atoms with Crippen LogP contribution in [0.5, 0.6) is 0 Å². The molecule has 0 aliphatic carbocycles. The lowest BCUT2D eigenvalue weighted by Gasteiger charge is -2.34. The first-order valence-corrected chi connectivity index (χ1v) is 9.31. The Morgan fingerprint density at radius 3 is 2.44 bits per heavy atom. The molecule has 2 saturated heterocycles. The first kappa shape index (κ1) is 18.3. The van der Waals surface area contributed by atoms with E-state index in [2.05, 4.69) is 15.1 Å². The molecule has 0 radical (unpaired) electrons. The number of nitrogens with one attached hydrogen (secondary N) is 1. The highest BCUT2D eigenvalue weighted by atomic mass is 19.1. The fraction of sp³-hybridized carbons (Fsp3) is 0.632. The summed E-state index contributed by atoms with van der Waals surface area (Å²) in [5.74, 6) is -0.254. The van der Waals surface area contributed by atoms with Crippen LogP contribution in [-0.2, 0) is 9.53 Å². The van der Waals surface area contributed by atoms with E-state index >= 15 is 0 Å². The zero-order valence-corrected chi connectivity index (χ0v) is 14.8. The number of ether oxygens (including phenoxy) is 1. The molecule has 3 rings (SSSR count). The van der Waals surface area contributed by atoms with Gasteiger partial charge in [0.25, 0.3) is 0 Å². The maximum absolute atomic E-state index is 13.3. The van der Waals surface area contributed by atoms with Gasteiger partial charge in [-0.25, -0.2) is 4.39 Å². The highest BCUT2D eigenvalue weighted by molar-refractivity contribution is 5.83. The SMILES string of the molecule is O=C(NCCN1CCOCC1)[C@H](c1ccc(F)cc1)N1CCCCC1. The number of amides is 1. The van der Waals surface area contributed by atoms with Crippen molar-refractivity contribution in [3.8, 4) is 0 Å². The van der Waals surface area contributed by atoms with Gasteiger partial charge in [0.2, 0.25) is 5.91 Å². The summed E-state index contributed by atoms with van der Waals surface area (Å²) in [5, 5.41) is 3.08. The van der Waals surface area contributed by atoms with E-state index in [-0.39, 0.29) is 17.8 Å². The summed E-state index contributed by atoms with van der Waals surface area (Å²) in [7, 11) is 0. The van der Waals surface area contributed by atoms with E-state index in [9.17, 15) is 9.18 Å². The van der Waals surface area contributed by atoms with Gasteiger partial charge in [0.15, 0.2) is 0 Å². The average Bonchev–Trinajstić information content (AvgIpc) is 2.65. The Balaban J connectivity index is 1.61. The Morgan fingerprint density at radius 1 is 1.08 bits per heavy atom. The summed E-state index contributed by atoms with van der Waals surface area (Å²) in [5.41, 5.74) is 0.868. The molecule has 1 N–H and O–H groups in total. The molecule has 2 aliphatic rings. The van der Waals surface area contributed by atoms with Crippen LogP contribution in [0.15, 0.2) is 24.3 Å². The van der Waals surface area contributed by atoms with Gasteiger partial charge in [-0.05, 0) is 43.6 Å². The predicted molar refractivity (Wildman–Crippen MR) is 94.8 cm³/mol. The topological polar surface area (TPSA) is 44.8 Å². The predicted octanol–water partition coefficient (Wildman–Crippen LogP) is 1.80. The summed E-state index contributed by atoms with van der Waals surface area (Å²) in [6.07, 6.45) is 3.43. The highest BCUT2D eigenvalue weighted by Crippen LogP contribution is 2.25. The minimum atomic E-state index is -0.328. The van der Waals surface area contributed by atoms with Gasteiger partial charge >= 0.3 is 0 Å². The van der Waals surface area contributed by atoms with Crippen LogP contribution in [0.4, 0.5) is 4.39 Å². The zero-order valence-electron chi connectivity index (χ0n) is 14.8. The molecule has 0 spiro atoms. The highest BCUT2D eigenvalue weighted by Gasteiger charge is 2.28. The van der Waals surface area contributed by atoms with Crippen molar-refractivity contribution in [2.24, 2.45) is 0 Å². The fourth-order valence-electron chi connectivity index (χ4n) is 3.61. The minimum absolute atomic E-state index is 0.0155. The molecule has 1 amide bonds. The molecular formula is C19H28FN3O2. The number of hydrogen-bond acceptors (Lipinski definition) is 4. The number of morpholine rings is 1. The lowest BCUT2D eigenvalue weighted by molar-refractivity contribution is -0.127. The number of rotatable bonds is 6. The average molecular weight is 349 g/mol. The molecule has 2 heterocycles. The van der Waals surface area contributed by atoms with E-state index in [4.69, 9.17) is 4.74 Å². The summed E-state index contributed by atoms with van der Waals surface area (Å²) in [4.78, 5) is 17.4. The van der Waals surface area contributed by atoms with Gasteiger partial charge in [-0.3, -0.25) is 14.6 Å². The van der Waals surface area contributed by atoms with Crippen LogP contribution in [0.1, 0.15) is 30.9 Å². The normalized spacial score (nSPS) is 21.0. The molecule has 2 fully saturated rings. The van der Waals surface area contributed by atoms with Gasteiger partial charge in [0, 0.05) is 26.2 Å². The summed E-state index contributed by atoms with van der Waals surface area (Å²) < 4.78 is 18.6. The molecule has 0 unspecified atom stereocenters. The zero-order chi connectivity index (χ0) is 17.5. The lowest BCUT2D eigenvalue weighted by Crippen LogP contribution is -2.46. The number of likely N-dealkylation sites (tertiary alicyclic amines) is 1. The van der Waals surface area contributed by atoms with Crippen molar-refractivity contribution in [3.63, 3.8) is 0 Å². The third-order valence-corrected chi connectivity index (χ3v) is 5.02. The standard InChI is InChI=1S/C19H28FN3O2/c20-17-6-4-16(5-7-17)18(23-9-2-1-3-10-23)19(24)21-8-11-22-12-14-25-15-13-22/h4-7,18H,1-3,8-15H2,(H,21,24)/t18-/m0/s1. The van der Waals surface area contributed by atoms with Gasteiger partial charge < -0.3 is 10.1 Å². The van der Waals surface area contributed by atoms with Gasteiger partial charge in [-0.1, -0.05) is 18.6 Å². The van der Waals surface area contributed by atoms with Crippen LogP contribution in [0.25, 0.3) is 0 Å². The molecule has 138 valence electrons. The molecule has 6 heteroatoms. The van der Waals surface area contributed by atoms with Gasteiger partial charge in [-0.15, -0.1) is 0 Å². The van der Waals surface area contributed by atoms with E-state index in [1.54, 1.807) is 12.1 Å². The van der Waals surface area contributed by atoms with Crippen molar-refractivity contribution >= 4 is 5.91 Å². The summed E-state index contributed by atoms with van der Waals surface area (Å²) >= 11 is 0. The second kappa shape index (κ2) is 9.27. The molecule has 25 heavy (non-hydrogen) atoms. The number of nitrogens with zero attached hydrogens (tertiary/aromatic N) is 2.